The molecular weight excluding hydrogens is 216 g/mol. The van der Waals surface area contributed by atoms with Crippen molar-refractivity contribution in [2.75, 3.05) is 7.11 Å². The van der Waals surface area contributed by atoms with Crippen molar-refractivity contribution in [2.45, 2.75) is 39.5 Å². The molecule has 0 saturated heterocycles. The van der Waals surface area contributed by atoms with Gasteiger partial charge in [0.05, 0.1) is 13.0 Å². The molecule has 0 bridgehead atoms. The highest BCUT2D eigenvalue weighted by molar-refractivity contribution is 5.90. The van der Waals surface area contributed by atoms with Crippen molar-refractivity contribution >= 4 is 11.8 Å². The average molecular weight is 236 g/mol. The van der Waals surface area contributed by atoms with Crippen molar-refractivity contribution in [3.05, 3.63) is 11.6 Å². The number of ether oxygens (including phenoxy) is 1. The number of hydrogen-bond donors (Lipinski definition) is 0. The number of Topliss-reactive ketones (excluding diaryl/α,β-unsaturated/α-hetero) is 1. The van der Waals surface area contributed by atoms with E-state index in [0.717, 1.165) is 19.3 Å². The maximum atomic E-state index is 12.3. The summed E-state index contributed by atoms with van der Waals surface area (Å²) in [7, 11) is 1.39. The average Bonchev–Trinajstić information content (AvgIpc) is 2.30. The van der Waals surface area contributed by atoms with Crippen LogP contribution in [-0.2, 0) is 14.3 Å². The number of carbonyl (C=O) groups is 2. The van der Waals surface area contributed by atoms with Crippen LogP contribution >= 0.6 is 0 Å². The minimum atomic E-state index is -0.247. The highest BCUT2D eigenvalue weighted by Gasteiger charge is 2.49. The molecular formula is C14H20O3. The first-order valence-electron chi connectivity index (χ1n) is 6.27. The Kier molecular flexibility index (Phi) is 3.11. The first-order chi connectivity index (χ1) is 7.99. The van der Waals surface area contributed by atoms with Crippen LogP contribution in [0.3, 0.4) is 0 Å². The van der Waals surface area contributed by atoms with Crippen LogP contribution in [0.1, 0.15) is 39.5 Å². The molecule has 2 aliphatic carbocycles. The van der Waals surface area contributed by atoms with Gasteiger partial charge >= 0.3 is 5.97 Å². The third-order valence-corrected chi connectivity index (χ3v) is 4.57. The van der Waals surface area contributed by atoms with Gasteiger partial charge in [-0.2, -0.15) is 0 Å². The summed E-state index contributed by atoms with van der Waals surface area (Å²) in [6.45, 7) is 4.14. The lowest BCUT2D eigenvalue weighted by Crippen LogP contribution is -2.46. The number of allylic oxidation sites excluding steroid dienone is 2. The Morgan fingerprint density at radius 2 is 2.24 bits per heavy atom. The van der Waals surface area contributed by atoms with E-state index in [1.165, 1.54) is 12.7 Å². The number of ketones is 1. The normalized spacial score (nSPS) is 37.1. The molecule has 0 heterocycles. The minimum absolute atomic E-state index is 0.224. The Morgan fingerprint density at radius 1 is 1.53 bits per heavy atom. The van der Waals surface area contributed by atoms with E-state index in [1.54, 1.807) is 0 Å². The predicted octanol–water partition coefficient (Wildman–Crippen LogP) is 2.50. The molecule has 3 nitrogen and oxygen atoms in total. The molecule has 0 amide bonds. The standard InChI is InChI=1S/C14H20O3/c1-9-5-4-6-14(2)11(9)7-10(8-12(14)15)13(16)17-3/h5,10-11H,4,6-8H2,1-3H3/t10-,11-,14-/m1/s1. The van der Waals surface area contributed by atoms with Crippen molar-refractivity contribution in [1.82, 2.24) is 0 Å². The molecule has 3 atom stereocenters. The second-order valence-electron chi connectivity index (χ2n) is 5.54. The Balaban J connectivity index is 2.27. The van der Waals surface area contributed by atoms with Gasteiger partial charge in [0.15, 0.2) is 0 Å². The topological polar surface area (TPSA) is 43.4 Å². The monoisotopic (exact) mass is 236 g/mol. The van der Waals surface area contributed by atoms with Crippen LogP contribution < -0.4 is 0 Å². The molecule has 2 aliphatic rings. The Hall–Kier alpha value is -1.12. The summed E-state index contributed by atoms with van der Waals surface area (Å²) in [5.74, 6) is -0.0241. The molecule has 0 aromatic carbocycles. The Morgan fingerprint density at radius 3 is 2.88 bits per heavy atom. The molecule has 3 heteroatoms. The maximum absolute atomic E-state index is 12.3. The molecule has 0 radical (unpaired) electrons. The van der Waals surface area contributed by atoms with Gasteiger partial charge in [-0.1, -0.05) is 18.6 Å². The zero-order valence-corrected chi connectivity index (χ0v) is 10.8. The number of carbonyl (C=O) groups excluding carboxylic acids is 2. The molecule has 1 fully saturated rings. The van der Waals surface area contributed by atoms with Gasteiger partial charge < -0.3 is 4.74 Å². The van der Waals surface area contributed by atoms with Crippen molar-refractivity contribution in [2.24, 2.45) is 17.3 Å². The molecule has 17 heavy (non-hydrogen) atoms. The molecule has 0 spiro atoms. The van der Waals surface area contributed by atoms with E-state index in [9.17, 15) is 9.59 Å². The van der Waals surface area contributed by atoms with E-state index in [1.807, 2.05) is 0 Å². The van der Waals surface area contributed by atoms with Crippen molar-refractivity contribution in [1.29, 1.82) is 0 Å². The number of methoxy groups -OCH3 is 1. The Labute approximate surface area is 102 Å². The highest BCUT2D eigenvalue weighted by atomic mass is 16.5. The molecule has 0 unspecified atom stereocenters. The zero-order valence-electron chi connectivity index (χ0n) is 10.8. The van der Waals surface area contributed by atoms with Crippen LogP contribution in [0.5, 0.6) is 0 Å². The van der Waals surface area contributed by atoms with Crippen molar-refractivity contribution < 1.29 is 14.3 Å². The fraction of sp³-hybridized carbons (Fsp3) is 0.714. The lowest BCUT2D eigenvalue weighted by Gasteiger charge is -2.45. The summed E-state index contributed by atoms with van der Waals surface area (Å²) in [4.78, 5) is 23.9. The molecule has 2 rings (SSSR count). The highest BCUT2D eigenvalue weighted by Crippen LogP contribution is 2.50. The summed E-state index contributed by atoms with van der Waals surface area (Å²) in [6.07, 6.45) is 5.22. The fourth-order valence-electron chi connectivity index (χ4n) is 3.37. The van der Waals surface area contributed by atoms with Crippen LogP contribution in [0.4, 0.5) is 0 Å². The third-order valence-electron chi connectivity index (χ3n) is 4.57. The van der Waals surface area contributed by atoms with Gasteiger partial charge in [0.1, 0.15) is 5.78 Å². The lowest BCUT2D eigenvalue weighted by molar-refractivity contribution is -0.153. The van der Waals surface area contributed by atoms with Gasteiger partial charge in [-0.15, -0.1) is 0 Å². The first kappa shape index (κ1) is 12.3. The lowest BCUT2D eigenvalue weighted by atomic mass is 9.57. The second-order valence-corrected chi connectivity index (χ2v) is 5.54. The molecule has 1 saturated carbocycles. The van der Waals surface area contributed by atoms with Gasteiger partial charge in [0.25, 0.3) is 0 Å². The summed E-state index contributed by atoms with van der Waals surface area (Å²) < 4.78 is 4.78. The molecule has 0 aliphatic heterocycles. The van der Waals surface area contributed by atoms with E-state index in [-0.39, 0.29) is 29.0 Å². The number of rotatable bonds is 1. The van der Waals surface area contributed by atoms with E-state index >= 15 is 0 Å². The number of hydrogen-bond acceptors (Lipinski definition) is 3. The summed E-state index contributed by atoms with van der Waals surface area (Å²) in [5.41, 5.74) is 1.02. The van der Waals surface area contributed by atoms with Gasteiger partial charge in [-0.05, 0) is 32.1 Å². The van der Waals surface area contributed by atoms with Gasteiger partial charge in [0.2, 0.25) is 0 Å². The van der Waals surface area contributed by atoms with Gasteiger partial charge in [0, 0.05) is 11.8 Å². The molecule has 94 valence electrons. The van der Waals surface area contributed by atoms with Crippen LogP contribution in [0.25, 0.3) is 0 Å². The molecule has 0 aromatic heterocycles. The van der Waals surface area contributed by atoms with Crippen LogP contribution in [-0.4, -0.2) is 18.9 Å². The maximum Gasteiger partial charge on any atom is 0.309 e. The fourth-order valence-corrected chi connectivity index (χ4v) is 3.37. The van der Waals surface area contributed by atoms with Crippen molar-refractivity contribution in [3.63, 3.8) is 0 Å². The van der Waals surface area contributed by atoms with E-state index < -0.39 is 0 Å². The first-order valence-corrected chi connectivity index (χ1v) is 6.27. The molecule has 0 N–H and O–H groups in total. The van der Waals surface area contributed by atoms with Crippen LogP contribution in [0.15, 0.2) is 11.6 Å². The number of fused-ring (bicyclic) bond motifs is 1. The van der Waals surface area contributed by atoms with E-state index in [0.29, 0.717) is 6.42 Å². The Bertz CT molecular complexity index is 383. The quantitative estimate of drug-likeness (QED) is 0.519. The number of esters is 1. The summed E-state index contributed by atoms with van der Waals surface area (Å²) >= 11 is 0. The van der Waals surface area contributed by atoms with Crippen LogP contribution in [0, 0.1) is 17.3 Å². The van der Waals surface area contributed by atoms with Gasteiger partial charge in [-0.3, -0.25) is 9.59 Å². The third kappa shape index (κ3) is 1.92. The van der Waals surface area contributed by atoms with E-state index in [2.05, 4.69) is 19.9 Å². The van der Waals surface area contributed by atoms with Gasteiger partial charge in [-0.25, -0.2) is 0 Å². The second kappa shape index (κ2) is 4.28. The SMILES string of the molecule is COC(=O)[C@H]1CC(=O)[C@]2(C)CCC=C(C)[C@H]2C1. The minimum Gasteiger partial charge on any atom is -0.469 e. The predicted molar refractivity (Wildman–Crippen MR) is 64.3 cm³/mol. The van der Waals surface area contributed by atoms with Crippen LogP contribution in [0.2, 0.25) is 0 Å². The zero-order chi connectivity index (χ0) is 12.6. The van der Waals surface area contributed by atoms with Crippen molar-refractivity contribution in [3.8, 4) is 0 Å². The smallest absolute Gasteiger partial charge is 0.309 e. The summed E-state index contributed by atoms with van der Waals surface area (Å²) in [5, 5.41) is 0. The summed E-state index contributed by atoms with van der Waals surface area (Å²) in [6, 6.07) is 0. The van der Waals surface area contributed by atoms with E-state index in [4.69, 9.17) is 4.74 Å². The largest absolute Gasteiger partial charge is 0.469 e. The molecule has 0 aromatic rings.